The molecular formula is C12H9ClF2N6O. The second kappa shape index (κ2) is 6.82. The van der Waals surface area contributed by atoms with Crippen LogP contribution in [0.4, 0.5) is 20.4 Å². The third-order valence-corrected chi connectivity index (χ3v) is 2.72. The van der Waals surface area contributed by atoms with E-state index in [-0.39, 0.29) is 23.9 Å². The Hall–Kier alpha value is -2.73. The van der Waals surface area contributed by atoms with Crippen molar-refractivity contribution in [2.75, 3.05) is 17.6 Å². The van der Waals surface area contributed by atoms with Gasteiger partial charge in [-0.05, 0) is 12.1 Å². The largest absolute Gasteiger partial charge is 0.415 e. The van der Waals surface area contributed by atoms with Gasteiger partial charge in [-0.2, -0.15) is 19.0 Å². The van der Waals surface area contributed by atoms with Gasteiger partial charge in [0, 0.05) is 0 Å². The van der Waals surface area contributed by atoms with Gasteiger partial charge in [0.05, 0.1) is 23.0 Å². The highest BCUT2D eigenvalue weighted by Crippen LogP contribution is 2.27. The molecule has 0 atom stereocenters. The molecule has 0 bridgehead atoms. The fraction of sp³-hybridized carbons (Fsp3) is 0.167. The Bertz CT molecular complexity index is 721. The summed E-state index contributed by atoms with van der Waals surface area (Å²) in [5.74, 6) is -0.248. The molecule has 0 aliphatic heterocycles. The summed E-state index contributed by atoms with van der Waals surface area (Å²) in [6.45, 7) is -3.01. The van der Waals surface area contributed by atoms with Gasteiger partial charge in [0.25, 0.3) is 0 Å². The van der Waals surface area contributed by atoms with Gasteiger partial charge in [-0.25, -0.2) is 9.97 Å². The van der Waals surface area contributed by atoms with Crippen molar-refractivity contribution < 1.29 is 13.5 Å². The molecule has 2 aromatic heterocycles. The van der Waals surface area contributed by atoms with Crippen LogP contribution in [0.25, 0.3) is 11.4 Å². The summed E-state index contributed by atoms with van der Waals surface area (Å²) < 4.78 is 28.3. The van der Waals surface area contributed by atoms with Crippen LogP contribution in [0.1, 0.15) is 0 Å². The van der Waals surface area contributed by atoms with E-state index in [0.717, 1.165) is 6.20 Å². The van der Waals surface area contributed by atoms with Gasteiger partial charge in [-0.3, -0.25) is 0 Å². The number of nitrogen functional groups attached to an aromatic ring is 1. The number of rotatable bonds is 5. The molecule has 0 saturated heterocycles. The van der Waals surface area contributed by atoms with Gasteiger partial charge in [0.2, 0.25) is 5.88 Å². The molecule has 0 aliphatic rings. The third-order valence-electron chi connectivity index (χ3n) is 2.41. The summed E-state index contributed by atoms with van der Waals surface area (Å²) in [6.07, 6.45) is 1.01. The van der Waals surface area contributed by atoms with Crippen LogP contribution in [0.15, 0.2) is 18.3 Å². The first-order valence-electron chi connectivity index (χ1n) is 5.86. The van der Waals surface area contributed by atoms with E-state index in [1.807, 2.05) is 6.07 Å². The Morgan fingerprint density at radius 3 is 2.82 bits per heavy atom. The number of halogens is 3. The summed E-state index contributed by atoms with van der Waals surface area (Å²) >= 11 is 5.94. The maximum absolute atomic E-state index is 12.1. The number of aromatic nitrogens is 3. The SMILES string of the molecule is N#CCNc1nc(-c2ncc(OC(F)F)nc2N)ccc1Cl. The summed E-state index contributed by atoms with van der Waals surface area (Å²) in [6, 6.07) is 4.96. The molecule has 10 heteroatoms. The number of nitrogens with zero attached hydrogens (tertiary/aromatic N) is 4. The summed E-state index contributed by atoms with van der Waals surface area (Å²) in [5.41, 5.74) is 6.17. The molecule has 2 rings (SSSR count). The first kappa shape index (κ1) is 15.7. The van der Waals surface area contributed by atoms with Crippen molar-refractivity contribution in [1.29, 1.82) is 5.26 Å². The minimum Gasteiger partial charge on any atom is -0.415 e. The molecule has 22 heavy (non-hydrogen) atoms. The minimum absolute atomic E-state index is 0.0124. The number of pyridine rings is 1. The van der Waals surface area contributed by atoms with Crippen LogP contribution >= 0.6 is 11.6 Å². The van der Waals surface area contributed by atoms with E-state index < -0.39 is 12.5 Å². The van der Waals surface area contributed by atoms with Gasteiger partial charge in [0.1, 0.15) is 18.1 Å². The molecule has 0 spiro atoms. The van der Waals surface area contributed by atoms with E-state index >= 15 is 0 Å². The van der Waals surface area contributed by atoms with Gasteiger partial charge < -0.3 is 15.8 Å². The quantitative estimate of drug-likeness (QED) is 0.811. The Labute approximate surface area is 128 Å². The zero-order valence-corrected chi connectivity index (χ0v) is 11.7. The van der Waals surface area contributed by atoms with E-state index in [4.69, 9.17) is 22.6 Å². The third kappa shape index (κ3) is 3.67. The number of alkyl halides is 2. The molecule has 114 valence electrons. The Balaban J connectivity index is 2.33. The molecule has 0 fully saturated rings. The zero-order chi connectivity index (χ0) is 16.1. The van der Waals surface area contributed by atoms with Crippen molar-refractivity contribution in [3.63, 3.8) is 0 Å². The standard InChI is InChI=1S/C12H9ClF2N6O/c13-6-1-2-7(20-11(6)18-4-3-16)9-10(17)21-8(5-19-9)22-12(14)15/h1-2,5,12H,4H2,(H2,17,21)(H,18,20). The highest BCUT2D eigenvalue weighted by Gasteiger charge is 2.13. The lowest BCUT2D eigenvalue weighted by molar-refractivity contribution is -0.0529. The van der Waals surface area contributed by atoms with Crippen LogP contribution < -0.4 is 15.8 Å². The molecule has 0 amide bonds. The molecule has 2 heterocycles. The summed E-state index contributed by atoms with van der Waals surface area (Å²) in [4.78, 5) is 11.7. The number of hydrogen-bond acceptors (Lipinski definition) is 7. The molecule has 7 nitrogen and oxygen atoms in total. The van der Waals surface area contributed by atoms with Crippen molar-refractivity contribution in [3.05, 3.63) is 23.4 Å². The van der Waals surface area contributed by atoms with Crippen LogP contribution in [-0.4, -0.2) is 28.1 Å². The summed E-state index contributed by atoms with van der Waals surface area (Å²) in [5, 5.41) is 11.6. The van der Waals surface area contributed by atoms with E-state index in [9.17, 15) is 8.78 Å². The maximum atomic E-state index is 12.1. The van der Waals surface area contributed by atoms with Crippen molar-refractivity contribution in [3.8, 4) is 23.3 Å². The summed E-state index contributed by atoms with van der Waals surface area (Å²) in [7, 11) is 0. The lowest BCUT2D eigenvalue weighted by Gasteiger charge is -2.09. The maximum Gasteiger partial charge on any atom is 0.388 e. The molecule has 0 aromatic carbocycles. The Morgan fingerprint density at radius 1 is 1.41 bits per heavy atom. The highest BCUT2D eigenvalue weighted by molar-refractivity contribution is 6.33. The molecule has 0 saturated carbocycles. The number of nitriles is 1. The number of anilines is 2. The van der Waals surface area contributed by atoms with Gasteiger partial charge in [-0.15, -0.1) is 0 Å². The molecule has 0 radical (unpaired) electrons. The van der Waals surface area contributed by atoms with Gasteiger partial charge >= 0.3 is 6.61 Å². The van der Waals surface area contributed by atoms with Crippen LogP contribution in [0.3, 0.4) is 0 Å². The first-order valence-corrected chi connectivity index (χ1v) is 6.24. The molecule has 0 aliphatic carbocycles. The number of hydrogen-bond donors (Lipinski definition) is 2. The smallest absolute Gasteiger partial charge is 0.388 e. The highest BCUT2D eigenvalue weighted by atomic mass is 35.5. The Kier molecular flexibility index (Phi) is 4.85. The van der Waals surface area contributed by atoms with Crippen LogP contribution in [0.2, 0.25) is 5.02 Å². The minimum atomic E-state index is -3.02. The van der Waals surface area contributed by atoms with Crippen molar-refractivity contribution in [1.82, 2.24) is 15.0 Å². The average molecular weight is 327 g/mol. The lowest BCUT2D eigenvalue weighted by atomic mass is 10.2. The monoisotopic (exact) mass is 326 g/mol. The fourth-order valence-corrected chi connectivity index (χ4v) is 1.73. The normalized spacial score (nSPS) is 10.3. The number of ether oxygens (including phenoxy) is 1. The second-order valence-electron chi connectivity index (χ2n) is 3.86. The number of nitrogens with one attached hydrogen (secondary N) is 1. The predicted octanol–water partition coefficient (Wildman–Crippen LogP) is 2.31. The fourth-order valence-electron chi connectivity index (χ4n) is 1.55. The van der Waals surface area contributed by atoms with Gasteiger partial charge in [0.15, 0.2) is 5.82 Å². The molecule has 3 N–H and O–H groups in total. The zero-order valence-electron chi connectivity index (χ0n) is 10.9. The van der Waals surface area contributed by atoms with E-state index in [1.165, 1.54) is 12.1 Å². The predicted molar refractivity (Wildman–Crippen MR) is 75.4 cm³/mol. The van der Waals surface area contributed by atoms with Gasteiger partial charge in [-0.1, -0.05) is 11.6 Å². The van der Waals surface area contributed by atoms with E-state index in [0.29, 0.717) is 10.7 Å². The topological polar surface area (TPSA) is 110 Å². The molecule has 0 unspecified atom stereocenters. The average Bonchev–Trinajstić information content (AvgIpc) is 2.46. The molecule has 2 aromatic rings. The van der Waals surface area contributed by atoms with Crippen LogP contribution in [0, 0.1) is 11.3 Å². The van der Waals surface area contributed by atoms with E-state index in [1.54, 1.807) is 0 Å². The number of nitrogens with two attached hydrogens (primary N) is 1. The molecular weight excluding hydrogens is 318 g/mol. The van der Waals surface area contributed by atoms with Crippen LogP contribution in [0.5, 0.6) is 5.88 Å². The van der Waals surface area contributed by atoms with Crippen molar-refractivity contribution in [2.24, 2.45) is 0 Å². The lowest BCUT2D eigenvalue weighted by Crippen LogP contribution is -2.07. The first-order chi connectivity index (χ1) is 10.5. The van der Waals surface area contributed by atoms with Crippen LogP contribution in [-0.2, 0) is 0 Å². The Morgan fingerprint density at radius 2 is 2.18 bits per heavy atom. The van der Waals surface area contributed by atoms with E-state index in [2.05, 4.69) is 25.0 Å². The van der Waals surface area contributed by atoms with Crippen molar-refractivity contribution in [2.45, 2.75) is 6.61 Å². The second-order valence-corrected chi connectivity index (χ2v) is 4.27. The van der Waals surface area contributed by atoms with Crippen molar-refractivity contribution >= 4 is 23.2 Å².